The van der Waals surface area contributed by atoms with E-state index in [-0.39, 0.29) is 11.9 Å². The Morgan fingerprint density at radius 3 is 2.40 bits per heavy atom. The average molecular weight is 739 g/mol. The summed E-state index contributed by atoms with van der Waals surface area (Å²) in [5.74, 6) is 0.533. The Bertz CT molecular complexity index is 1590. The van der Waals surface area contributed by atoms with Gasteiger partial charge in [-0.25, -0.2) is 14.8 Å². The fourth-order valence-corrected chi connectivity index (χ4v) is 7.53. The van der Waals surface area contributed by atoms with E-state index in [4.69, 9.17) is 25.8 Å². The minimum absolute atomic E-state index is 0.262. The number of anilines is 1. The number of hydrogen-bond donors (Lipinski definition) is 4. The van der Waals surface area contributed by atoms with E-state index in [2.05, 4.69) is 40.7 Å². The topological polar surface area (TPSA) is 146 Å². The lowest BCUT2D eigenvalue weighted by molar-refractivity contribution is -0.129. The normalized spacial score (nSPS) is 19.7. The lowest BCUT2D eigenvalue weighted by atomic mass is 9.85. The predicted octanol–water partition coefficient (Wildman–Crippen LogP) is 4.97. The van der Waals surface area contributed by atoms with Crippen LogP contribution in [0.2, 0.25) is 5.02 Å². The van der Waals surface area contributed by atoms with Crippen molar-refractivity contribution in [3.8, 4) is 0 Å². The molecule has 1 aromatic carbocycles. The number of hydrogen-bond acceptors (Lipinski definition) is 10. The lowest BCUT2D eigenvalue weighted by Gasteiger charge is -2.42. The molecule has 2 amide bonds. The molecular weight excluding hydrogens is 684 g/mol. The molecule has 5 heterocycles. The maximum absolute atomic E-state index is 14.4. The number of H-pyrrole nitrogens is 1. The Hall–Kier alpha value is -3.49. The quantitative estimate of drug-likeness (QED) is 0.177. The standard InChI is InChI=1S/C38H55ClN8O5/c1-37(2,3)52-36(49)45-38(14-21-47(22-15-38)34-31-10-18-41-33(31)42-26-43-34)35(48)44-32(27-4-6-28(39)7-5-27)13-24-50-25-23-46-19-11-30(12-20-46)51-29-8-16-40-17-9-29/h4-7,10,18,26,29-30,32,40H,8-9,11-17,19-25H2,1-3H3,(H,44,48)(H,45,49)(H,41,42,43)/t32-/m0/s1. The van der Waals surface area contributed by atoms with Gasteiger partial charge in [0, 0.05) is 50.6 Å². The van der Waals surface area contributed by atoms with E-state index in [1.165, 1.54) is 6.33 Å². The van der Waals surface area contributed by atoms with Crippen molar-refractivity contribution in [3.05, 3.63) is 53.4 Å². The molecule has 14 heteroatoms. The third kappa shape index (κ3) is 10.3. The molecule has 0 spiro atoms. The van der Waals surface area contributed by atoms with Crippen molar-refractivity contribution in [2.75, 3.05) is 63.9 Å². The van der Waals surface area contributed by atoms with Gasteiger partial charge in [0.05, 0.1) is 30.2 Å². The largest absolute Gasteiger partial charge is 0.444 e. The molecule has 0 unspecified atom stereocenters. The van der Waals surface area contributed by atoms with Gasteiger partial charge in [0.25, 0.3) is 0 Å². The van der Waals surface area contributed by atoms with Crippen LogP contribution in [0, 0.1) is 0 Å². The van der Waals surface area contributed by atoms with Gasteiger partial charge in [0.2, 0.25) is 5.91 Å². The minimum atomic E-state index is -1.20. The summed E-state index contributed by atoms with van der Waals surface area (Å²) in [6.07, 6.45) is 9.09. The van der Waals surface area contributed by atoms with Gasteiger partial charge in [-0.05, 0) is 103 Å². The summed E-state index contributed by atoms with van der Waals surface area (Å²) in [5.41, 5.74) is -0.249. The number of rotatable bonds is 13. The van der Waals surface area contributed by atoms with Gasteiger partial charge in [0.15, 0.2) is 0 Å². The molecule has 2 aromatic heterocycles. The molecule has 3 saturated heterocycles. The molecule has 1 atom stereocenters. The van der Waals surface area contributed by atoms with E-state index < -0.39 is 17.2 Å². The lowest BCUT2D eigenvalue weighted by Crippen LogP contribution is -2.64. The van der Waals surface area contributed by atoms with Gasteiger partial charge in [-0.1, -0.05) is 23.7 Å². The first-order chi connectivity index (χ1) is 25.1. The number of benzene rings is 1. The van der Waals surface area contributed by atoms with Crippen LogP contribution in [0.1, 0.15) is 77.3 Å². The van der Waals surface area contributed by atoms with Crippen LogP contribution in [0.25, 0.3) is 11.0 Å². The second-order valence-corrected chi connectivity index (χ2v) is 15.7. The van der Waals surface area contributed by atoms with Gasteiger partial charge in [-0.3, -0.25) is 4.79 Å². The van der Waals surface area contributed by atoms with Crippen molar-refractivity contribution in [2.45, 2.75) is 95.1 Å². The molecule has 6 rings (SSSR count). The molecule has 3 aliphatic heterocycles. The number of alkyl carbamates (subject to hydrolysis) is 1. The predicted molar refractivity (Wildman–Crippen MR) is 202 cm³/mol. The summed E-state index contributed by atoms with van der Waals surface area (Å²) < 4.78 is 18.2. The molecule has 3 aromatic rings. The van der Waals surface area contributed by atoms with Gasteiger partial charge >= 0.3 is 6.09 Å². The number of carbonyl (C=O) groups is 2. The summed E-state index contributed by atoms with van der Waals surface area (Å²) in [6, 6.07) is 9.10. The van der Waals surface area contributed by atoms with Crippen LogP contribution in [0.15, 0.2) is 42.9 Å². The summed E-state index contributed by atoms with van der Waals surface area (Å²) in [6.45, 7) is 12.5. The molecule has 284 valence electrons. The fraction of sp³-hybridized carbons (Fsp3) is 0.632. The third-order valence-electron chi connectivity index (χ3n) is 10.3. The number of piperidine rings is 3. The molecule has 52 heavy (non-hydrogen) atoms. The van der Waals surface area contributed by atoms with Gasteiger partial charge in [-0.2, -0.15) is 0 Å². The Morgan fingerprint density at radius 1 is 0.981 bits per heavy atom. The zero-order valence-electron chi connectivity index (χ0n) is 30.8. The molecule has 4 N–H and O–H groups in total. The molecule has 3 fully saturated rings. The number of aromatic amines is 1. The van der Waals surface area contributed by atoms with E-state index in [0.717, 1.165) is 80.8 Å². The highest BCUT2D eigenvalue weighted by Gasteiger charge is 2.45. The van der Waals surface area contributed by atoms with E-state index >= 15 is 0 Å². The van der Waals surface area contributed by atoms with Gasteiger partial charge in [0.1, 0.15) is 28.9 Å². The van der Waals surface area contributed by atoms with E-state index in [1.807, 2.05) is 57.3 Å². The summed E-state index contributed by atoms with van der Waals surface area (Å²) in [4.78, 5) is 44.2. The highest BCUT2D eigenvalue weighted by atomic mass is 35.5. The van der Waals surface area contributed by atoms with E-state index in [9.17, 15) is 9.59 Å². The second-order valence-electron chi connectivity index (χ2n) is 15.2. The van der Waals surface area contributed by atoms with Crippen LogP contribution in [0.5, 0.6) is 0 Å². The van der Waals surface area contributed by atoms with Crippen molar-refractivity contribution < 1.29 is 23.8 Å². The van der Waals surface area contributed by atoms with Crippen molar-refractivity contribution in [1.29, 1.82) is 0 Å². The van der Waals surface area contributed by atoms with Gasteiger partial charge < -0.3 is 44.9 Å². The number of aromatic nitrogens is 3. The molecule has 0 saturated carbocycles. The summed E-state index contributed by atoms with van der Waals surface area (Å²) >= 11 is 6.24. The van der Waals surface area contributed by atoms with Crippen molar-refractivity contribution >= 4 is 40.5 Å². The first-order valence-corrected chi connectivity index (χ1v) is 19.2. The summed E-state index contributed by atoms with van der Waals surface area (Å²) in [7, 11) is 0. The van der Waals surface area contributed by atoms with Crippen molar-refractivity contribution in [3.63, 3.8) is 0 Å². The smallest absolute Gasteiger partial charge is 0.408 e. The molecule has 3 aliphatic rings. The highest BCUT2D eigenvalue weighted by Crippen LogP contribution is 2.31. The maximum Gasteiger partial charge on any atom is 0.408 e. The van der Waals surface area contributed by atoms with E-state index in [1.54, 1.807) is 0 Å². The van der Waals surface area contributed by atoms with Crippen LogP contribution in [0.3, 0.4) is 0 Å². The van der Waals surface area contributed by atoms with Crippen LogP contribution < -0.4 is 20.9 Å². The Balaban J connectivity index is 1.06. The maximum atomic E-state index is 14.4. The third-order valence-corrected chi connectivity index (χ3v) is 10.6. The molecule has 0 bridgehead atoms. The zero-order chi connectivity index (χ0) is 36.6. The van der Waals surface area contributed by atoms with Crippen LogP contribution in [-0.2, 0) is 19.0 Å². The number of carbonyl (C=O) groups excluding carboxylic acids is 2. The molecular formula is C38H55ClN8O5. The number of fused-ring (bicyclic) bond motifs is 1. The molecule has 13 nitrogen and oxygen atoms in total. The average Bonchev–Trinajstić information content (AvgIpc) is 3.61. The van der Waals surface area contributed by atoms with Crippen molar-refractivity contribution in [2.24, 2.45) is 0 Å². The Labute approximate surface area is 311 Å². The van der Waals surface area contributed by atoms with Crippen LogP contribution >= 0.6 is 11.6 Å². The number of amides is 2. The zero-order valence-corrected chi connectivity index (χ0v) is 31.6. The number of nitrogens with one attached hydrogen (secondary N) is 4. The SMILES string of the molecule is CC(C)(C)OC(=O)NC1(C(=O)N[C@@H](CCOCCN2CCC(OC3CCNCC3)CC2)c2ccc(Cl)cc2)CCN(c2ncnc3[nH]ccc23)CC1. The monoisotopic (exact) mass is 738 g/mol. The number of likely N-dealkylation sites (tertiary alicyclic amines) is 1. The first-order valence-electron chi connectivity index (χ1n) is 18.8. The second kappa shape index (κ2) is 17.6. The first kappa shape index (κ1) is 38.2. The summed E-state index contributed by atoms with van der Waals surface area (Å²) in [5, 5.41) is 11.2. The number of halogens is 1. The van der Waals surface area contributed by atoms with Gasteiger partial charge in [-0.15, -0.1) is 0 Å². The van der Waals surface area contributed by atoms with Crippen LogP contribution in [-0.4, -0.2) is 114 Å². The highest BCUT2D eigenvalue weighted by molar-refractivity contribution is 6.30. The molecule has 0 radical (unpaired) electrons. The van der Waals surface area contributed by atoms with Crippen molar-refractivity contribution in [1.82, 2.24) is 35.8 Å². The Morgan fingerprint density at radius 2 is 1.69 bits per heavy atom. The fourth-order valence-electron chi connectivity index (χ4n) is 7.40. The number of ether oxygens (including phenoxy) is 3. The number of nitrogens with zero attached hydrogens (tertiary/aromatic N) is 4. The van der Waals surface area contributed by atoms with Crippen LogP contribution in [0.4, 0.5) is 10.6 Å². The van der Waals surface area contributed by atoms with E-state index in [0.29, 0.717) is 62.8 Å². The Kier molecular flexibility index (Phi) is 12.9. The minimum Gasteiger partial charge on any atom is -0.444 e. The molecule has 0 aliphatic carbocycles.